The van der Waals surface area contributed by atoms with Crippen molar-refractivity contribution in [3.63, 3.8) is 0 Å². The van der Waals surface area contributed by atoms with E-state index in [1.54, 1.807) is 23.1 Å². The molecule has 1 heterocycles. The van der Waals surface area contributed by atoms with E-state index in [9.17, 15) is 9.59 Å². The molecule has 34 heavy (non-hydrogen) atoms. The second-order valence-corrected chi connectivity index (χ2v) is 9.07. The van der Waals surface area contributed by atoms with Crippen LogP contribution >= 0.6 is 11.6 Å². The Morgan fingerprint density at radius 2 is 1.76 bits per heavy atom. The lowest BCUT2D eigenvalue weighted by Crippen LogP contribution is -2.55. The molecule has 0 unspecified atom stereocenters. The molecule has 0 aliphatic carbocycles. The number of hydrogen-bond acceptors (Lipinski definition) is 4. The number of hydrogen-bond donors (Lipinski definition) is 2. The van der Waals surface area contributed by atoms with Crippen molar-refractivity contribution in [2.75, 3.05) is 11.4 Å². The van der Waals surface area contributed by atoms with Crippen LogP contribution in [0.15, 0.2) is 72.8 Å². The van der Waals surface area contributed by atoms with E-state index in [1.807, 2.05) is 68.4 Å². The monoisotopic (exact) mass is 479 g/mol. The van der Waals surface area contributed by atoms with E-state index in [0.29, 0.717) is 28.8 Å². The fraction of sp³-hybridized carbons (Fsp3) is 0.231. The molecule has 3 aromatic rings. The molecule has 0 spiro atoms. The number of benzene rings is 3. The second-order valence-electron chi connectivity index (χ2n) is 8.64. The molecular formula is C26H26ClN3O4. The zero-order valence-electron chi connectivity index (χ0n) is 19.0. The molecule has 4 rings (SSSR count). The summed E-state index contributed by atoms with van der Waals surface area (Å²) in [5.74, 6) is 1.22. The zero-order chi connectivity index (χ0) is 24.1. The van der Waals surface area contributed by atoms with Crippen LogP contribution in [0.5, 0.6) is 11.5 Å². The minimum absolute atomic E-state index is 0.171. The van der Waals surface area contributed by atoms with Crippen molar-refractivity contribution in [2.45, 2.75) is 32.5 Å². The predicted octanol–water partition coefficient (Wildman–Crippen LogP) is 5.87. The highest BCUT2D eigenvalue weighted by molar-refractivity contribution is 6.31. The van der Waals surface area contributed by atoms with Crippen molar-refractivity contribution in [3.05, 3.63) is 88.9 Å². The summed E-state index contributed by atoms with van der Waals surface area (Å²) in [6, 6.07) is 21.8. The summed E-state index contributed by atoms with van der Waals surface area (Å²) < 4.78 is 11.3. The summed E-state index contributed by atoms with van der Waals surface area (Å²) >= 11 is 6.23. The molecule has 0 bridgehead atoms. The lowest BCUT2D eigenvalue weighted by Gasteiger charge is -2.31. The van der Waals surface area contributed by atoms with Crippen LogP contribution in [0.1, 0.15) is 25.0 Å². The molecular weight excluding hydrogens is 454 g/mol. The molecule has 3 aromatic carbocycles. The highest BCUT2D eigenvalue weighted by atomic mass is 35.5. The molecule has 2 N–H and O–H groups in total. The van der Waals surface area contributed by atoms with Crippen LogP contribution < -0.4 is 20.3 Å². The molecule has 1 aliphatic heterocycles. The number of rotatable bonds is 5. The summed E-state index contributed by atoms with van der Waals surface area (Å²) in [6.45, 7) is 4.30. The average molecular weight is 480 g/mol. The first-order valence-corrected chi connectivity index (χ1v) is 11.3. The van der Waals surface area contributed by atoms with E-state index < -0.39 is 11.6 Å². The molecule has 0 fully saturated rings. The number of anilines is 1. The Balaban J connectivity index is 1.42. The number of para-hydroxylation sites is 1. The van der Waals surface area contributed by atoms with E-state index in [-0.39, 0.29) is 19.2 Å². The first kappa shape index (κ1) is 23.4. The largest absolute Gasteiger partial charge is 0.455 e. The predicted molar refractivity (Wildman–Crippen MR) is 131 cm³/mol. The molecule has 176 valence electrons. The molecule has 3 amide bonds. The van der Waals surface area contributed by atoms with Crippen molar-refractivity contribution < 1.29 is 19.1 Å². The van der Waals surface area contributed by atoms with Gasteiger partial charge in [-0.15, -0.1) is 0 Å². The van der Waals surface area contributed by atoms with Crippen LogP contribution in [0.4, 0.5) is 15.3 Å². The molecule has 7 nitrogen and oxygen atoms in total. The van der Waals surface area contributed by atoms with Crippen LogP contribution in [-0.4, -0.2) is 24.2 Å². The molecule has 8 heteroatoms. The molecule has 0 aromatic heterocycles. The summed E-state index contributed by atoms with van der Waals surface area (Å²) in [7, 11) is 0. The maximum absolute atomic E-state index is 13.4. The normalized spacial score (nSPS) is 12.5. The van der Waals surface area contributed by atoms with Crippen LogP contribution in [0, 0.1) is 0 Å². The van der Waals surface area contributed by atoms with E-state index in [0.717, 1.165) is 11.1 Å². The minimum Gasteiger partial charge on any atom is -0.455 e. The van der Waals surface area contributed by atoms with E-state index >= 15 is 0 Å². The van der Waals surface area contributed by atoms with Crippen LogP contribution in [0.25, 0.3) is 0 Å². The highest BCUT2D eigenvalue weighted by Crippen LogP contribution is 2.40. The van der Waals surface area contributed by atoms with Gasteiger partial charge in [0.05, 0.1) is 17.8 Å². The number of amides is 3. The maximum Gasteiger partial charge on any atom is 0.407 e. The first-order valence-electron chi connectivity index (χ1n) is 10.9. The van der Waals surface area contributed by atoms with Crippen LogP contribution in [0.3, 0.4) is 0 Å². The van der Waals surface area contributed by atoms with Crippen LogP contribution in [-0.2, 0) is 17.9 Å². The van der Waals surface area contributed by atoms with Crippen molar-refractivity contribution in [1.29, 1.82) is 0 Å². The fourth-order valence-electron chi connectivity index (χ4n) is 3.55. The number of fused-ring (bicyclic) bond motifs is 2. The first-order chi connectivity index (χ1) is 16.3. The Hall–Kier alpha value is -3.71. The second kappa shape index (κ2) is 10.1. The topological polar surface area (TPSA) is 79.9 Å². The van der Waals surface area contributed by atoms with Crippen molar-refractivity contribution in [2.24, 2.45) is 0 Å². The molecule has 0 atom stereocenters. The average Bonchev–Trinajstić information content (AvgIpc) is 2.98. The van der Waals surface area contributed by atoms with Gasteiger partial charge in [0, 0.05) is 17.1 Å². The van der Waals surface area contributed by atoms with E-state index in [4.69, 9.17) is 21.1 Å². The van der Waals surface area contributed by atoms with Gasteiger partial charge in [0.2, 0.25) is 0 Å². The summed E-state index contributed by atoms with van der Waals surface area (Å²) in [6.07, 6.45) is -0.555. The highest BCUT2D eigenvalue weighted by Gasteiger charge is 2.30. The van der Waals surface area contributed by atoms with Gasteiger partial charge < -0.3 is 20.1 Å². The zero-order valence-corrected chi connectivity index (χ0v) is 19.8. The van der Waals surface area contributed by atoms with Crippen molar-refractivity contribution in [3.8, 4) is 11.5 Å². The Morgan fingerprint density at radius 3 is 2.56 bits per heavy atom. The summed E-state index contributed by atoms with van der Waals surface area (Å²) in [4.78, 5) is 27.1. The third-order valence-electron chi connectivity index (χ3n) is 5.31. The Morgan fingerprint density at radius 1 is 1.03 bits per heavy atom. The SMILES string of the molecule is CC(C)(CNC(=O)OCc1ccccc1)NC(=O)N1Cc2ccccc2Oc2ccc(Cl)cc21. The van der Waals surface area contributed by atoms with Gasteiger partial charge in [0.25, 0.3) is 0 Å². The van der Waals surface area contributed by atoms with Gasteiger partial charge in [-0.2, -0.15) is 0 Å². The van der Waals surface area contributed by atoms with Gasteiger partial charge in [0.15, 0.2) is 5.75 Å². The Kier molecular flexibility index (Phi) is 6.93. The minimum atomic E-state index is -0.756. The lowest BCUT2D eigenvalue weighted by molar-refractivity contribution is 0.136. The standard InChI is InChI=1S/C26H26ClN3O4/c1-26(2,17-28-25(32)33-16-18-8-4-3-5-9-18)29-24(31)30-15-19-10-6-7-11-22(19)34-23-13-12-20(27)14-21(23)30/h3-14H,15-17H2,1-2H3,(H,28,32)(H,29,31). The van der Waals surface area contributed by atoms with E-state index in [1.165, 1.54) is 0 Å². The van der Waals surface area contributed by atoms with E-state index in [2.05, 4.69) is 10.6 Å². The number of alkyl carbamates (subject to hydrolysis) is 1. The molecule has 0 saturated carbocycles. The Bertz CT molecular complexity index is 1180. The van der Waals surface area contributed by atoms with Gasteiger partial charge in [0.1, 0.15) is 12.4 Å². The number of ether oxygens (including phenoxy) is 2. The van der Waals surface area contributed by atoms with Gasteiger partial charge >= 0.3 is 12.1 Å². The third-order valence-corrected chi connectivity index (χ3v) is 5.55. The Labute approximate surface area is 203 Å². The number of urea groups is 1. The quantitative estimate of drug-likeness (QED) is 0.479. The van der Waals surface area contributed by atoms with Gasteiger partial charge in [-0.05, 0) is 43.7 Å². The lowest BCUT2D eigenvalue weighted by atomic mass is 10.1. The van der Waals surface area contributed by atoms with Gasteiger partial charge in [-0.25, -0.2) is 9.59 Å². The van der Waals surface area contributed by atoms with Gasteiger partial charge in [-0.1, -0.05) is 60.1 Å². The summed E-state index contributed by atoms with van der Waals surface area (Å²) in [5.41, 5.74) is 1.57. The number of carbonyl (C=O) groups excluding carboxylic acids is 2. The maximum atomic E-state index is 13.4. The van der Waals surface area contributed by atoms with Gasteiger partial charge in [-0.3, -0.25) is 4.90 Å². The van der Waals surface area contributed by atoms with Crippen LogP contribution in [0.2, 0.25) is 5.02 Å². The fourth-order valence-corrected chi connectivity index (χ4v) is 3.71. The molecule has 0 radical (unpaired) electrons. The smallest absolute Gasteiger partial charge is 0.407 e. The third kappa shape index (κ3) is 5.80. The number of carbonyl (C=O) groups is 2. The van der Waals surface area contributed by atoms with Crippen molar-refractivity contribution >= 4 is 29.4 Å². The number of nitrogens with one attached hydrogen (secondary N) is 2. The number of nitrogens with zero attached hydrogens (tertiary/aromatic N) is 1. The summed E-state index contributed by atoms with van der Waals surface area (Å²) in [5, 5.41) is 6.20. The number of halogens is 1. The molecule has 1 aliphatic rings. The van der Waals surface area contributed by atoms with Crippen molar-refractivity contribution in [1.82, 2.24) is 10.6 Å². The molecule has 0 saturated heterocycles.